The van der Waals surface area contributed by atoms with Crippen LogP contribution in [0, 0.1) is 11.6 Å². The molecule has 0 aliphatic heterocycles. The largest absolute Gasteiger partial charge is 0.419 e. The lowest BCUT2D eigenvalue weighted by atomic mass is 10.2. The van der Waals surface area contributed by atoms with Crippen molar-refractivity contribution < 1.29 is 18.0 Å². The molecule has 0 aliphatic rings. The summed E-state index contributed by atoms with van der Waals surface area (Å²) in [5, 5.41) is 9.86. The lowest BCUT2D eigenvalue weighted by Gasteiger charge is -2.05. The van der Waals surface area contributed by atoms with Gasteiger partial charge in [-0.15, -0.1) is 10.2 Å². The number of rotatable bonds is 4. The van der Waals surface area contributed by atoms with Crippen LogP contribution in [0.1, 0.15) is 16.2 Å². The fourth-order valence-electron chi connectivity index (χ4n) is 2.03. The van der Waals surface area contributed by atoms with Crippen LogP contribution in [0.2, 0.25) is 5.02 Å². The Balaban J connectivity index is 1.72. The second-order valence-electron chi connectivity index (χ2n) is 4.76. The molecule has 0 saturated heterocycles. The third-order valence-corrected chi connectivity index (χ3v) is 3.48. The van der Waals surface area contributed by atoms with Crippen LogP contribution in [-0.4, -0.2) is 16.1 Å². The predicted octanol–water partition coefficient (Wildman–Crippen LogP) is 3.60. The minimum absolute atomic E-state index is 0.00919. The van der Waals surface area contributed by atoms with Gasteiger partial charge >= 0.3 is 0 Å². The fraction of sp³-hybridized carbons (Fsp3) is 0.0625. The van der Waals surface area contributed by atoms with E-state index in [4.69, 9.17) is 16.0 Å². The van der Waals surface area contributed by atoms with Crippen molar-refractivity contribution in [1.29, 1.82) is 0 Å². The third kappa shape index (κ3) is 3.26. The molecule has 8 heteroatoms. The summed E-state index contributed by atoms with van der Waals surface area (Å²) in [6.45, 7) is -0.148. The van der Waals surface area contributed by atoms with E-state index < -0.39 is 17.5 Å². The third-order valence-electron chi connectivity index (χ3n) is 3.16. The molecular formula is C16H10ClF2N3O2. The van der Waals surface area contributed by atoms with Gasteiger partial charge in [-0.05, 0) is 24.3 Å². The summed E-state index contributed by atoms with van der Waals surface area (Å²) in [5.41, 5.74) is -0.118. The van der Waals surface area contributed by atoms with Crippen molar-refractivity contribution in [3.8, 4) is 11.5 Å². The summed E-state index contributed by atoms with van der Waals surface area (Å²) in [4.78, 5) is 12.0. The van der Waals surface area contributed by atoms with Gasteiger partial charge in [0.25, 0.3) is 11.8 Å². The molecule has 122 valence electrons. The highest BCUT2D eigenvalue weighted by Gasteiger charge is 2.17. The van der Waals surface area contributed by atoms with Gasteiger partial charge in [0.15, 0.2) is 0 Å². The fourth-order valence-corrected chi connectivity index (χ4v) is 2.28. The van der Waals surface area contributed by atoms with Crippen molar-refractivity contribution in [1.82, 2.24) is 15.5 Å². The van der Waals surface area contributed by atoms with Crippen LogP contribution in [0.4, 0.5) is 8.78 Å². The van der Waals surface area contributed by atoms with Crippen molar-refractivity contribution in [2.45, 2.75) is 6.54 Å². The molecule has 3 aromatic rings. The van der Waals surface area contributed by atoms with E-state index in [9.17, 15) is 13.6 Å². The number of carbonyl (C=O) groups is 1. The number of carbonyl (C=O) groups excluding carboxylic acids is 1. The Labute approximate surface area is 140 Å². The van der Waals surface area contributed by atoms with Crippen molar-refractivity contribution in [2.75, 3.05) is 0 Å². The Bertz CT molecular complexity index is 878. The van der Waals surface area contributed by atoms with E-state index in [-0.39, 0.29) is 34.5 Å². The summed E-state index contributed by atoms with van der Waals surface area (Å²) >= 11 is 5.81. The average molecular weight is 350 g/mol. The Hall–Kier alpha value is -2.80. The summed E-state index contributed by atoms with van der Waals surface area (Å²) in [7, 11) is 0. The van der Waals surface area contributed by atoms with Crippen molar-refractivity contribution in [3.05, 3.63) is 70.6 Å². The summed E-state index contributed by atoms with van der Waals surface area (Å²) < 4.78 is 32.6. The second kappa shape index (κ2) is 6.76. The van der Waals surface area contributed by atoms with Gasteiger partial charge in [-0.3, -0.25) is 4.79 Å². The second-order valence-corrected chi connectivity index (χ2v) is 5.17. The van der Waals surface area contributed by atoms with E-state index in [0.717, 1.165) is 6.07 Å². The lowest BCUT2D eigenvalue weighted by molar-refractivity contribution is 0.0943. The van der Waals surface area contributed by atoms with Gasteiger partial charge in [0, 0.05) is 0 Å². The maximum Gasteiger partial charge on any atom is 0.256 e. The van der Waals surface area contributed by atoms with Gasteiger partial charge in [0.1, 0.15) is 11.6 Å². The number of nitrogens with zero attached hydrogens (tertiary/aromatic N) is 2. The Morgan fingerprint density at radius 1 is 1.08 bits per heavy atom. The van der Waals surface area contributed by atoms with E-state index >= 15 is 0 Å². The molecule has 1 amide bonds. The van der Waals surface area contributed by atoms with Gasteiger partial charge in [-0.25, -0.2) is 8.78 Å². The zero-order chi connectivity index (χ0) is 17.1. The molecule has 2 aromatic carbocycles. The molecule has 0 atom stereocenters. The Kier molecular flexibility index (Phi) is 4.52. The van der Waals surface area contributed by atoms with Crippen molar-refractivity contribution >= 4 is 17.5 Å². The molecule has 1 aromatic heterocycles. The maximum absolute atomic E-state index is 13.7. The van der Waals surface area contributed by atoms with Gasteiger partial charge in [0.2, 0.25) is 5.89 Å². The molecule has 0 fully saturated rings. The Morgan fingerprint density at radius 2 is 1.83 bits per heavy atom. The van der Waals surface area contributed by atoms with Crippen molar-refractivity contribution in [3.63, 3.8) is 0 Å². The number of hydrogen-bond donors (Lipinski definition) is 1. The number of benzene rings is 2. The average Bonchev–Trinajstić information content (AvgIpc) is 3.02. The van der Waals surface area contributed by atoms with Crippen molar-refractivity contribution in [2.24, 2.45) is 0 Å². The van der Waals surface area contributed by atoms with Gasteiger partial charge in [-0.1, -0.05) is 29.8 Å². The van der Waals surface area contributed by atoms with E-state index in [0.29, 0.717) is 0 Å². The van der Waals surface area contributed by atoms with Crippen LogP contribution in [0.25, 0.3) is 11.5 Å². The zero-order valence-corrected chi connectivity index (χ0v) is 12.8. The van der Waals surface area contributed by atoms with Crippen LogP contribution >= 0.6 is 11.6 Å². The van der Waals surface area contributed by atoms with Crippen LogP contribution in [0.15, 0.2) is 46.9 Å². The highest BCUT2D eigenvalue weighted by molar-refractivity contribution is 6.33. The number of aromatic nitrogens is 2. The van der Waals surface area contributed by atoms with Crippen LogP contribution < -0.4 is 5.32 Å². The SMILES string of the molecule is O=C(NCc1nnc(-c2ccccc2F)o1)c1c(F)cccc1Cl. The minimum atomic E-state index is -0.738. The molecule has 0 radical (unpaired) electrons. The molecular weight excluding hydrogens is 340 g/mol. The maximum atomic E-state index is 13.7. The number of hydrogen-bond acceptors (Lipinski definition) is 4. The lowest BCUT2D eigenvalue weighted by Crippen LogP contribution is -2.24. The molecule has 24 heavy (non-hydrogen) atoms. The molecule has 3 rings (SSSR count). The summed E-state index contributed by atoms with van der Waals surface area (Å²) in [6.07, 6.45) is 0. The van der Waals surface area contributed by atoms with Crippen LogP contribution in [0.5, 0.6) is 0 Å². The molecule has 0 spiro atoms. The molecule has 5 nitrogen and oxygen atoms in total. The molecule has 1 heterocycles. The van der Waals surface area contributed by atoms with E-state index in [2.05, 4.69) is 15.5 Å². The normalized spacial score (nSPS) is 10.6. The van der Waals surface area contributed by atoms with Crippen LogP contribution in [-0.2, 0) is 6.54 Å². The Morgan fingerprint density at radius 3 is 2.58 bits per heavy atom. The quantitative estimate of drug-likeness (QED) is 0.781. The van der Waals surface area contributed by atoms with E-state index in [1.165, 1.54) is 30.3 Å². The first kappa shape index (κ1) is 16.1. The van der Waals surface area contributed by atoms with Gasteiger partial charge in [-0.2, -0.15) is 0 Å². The molecule has 0 saturated carbocycles. The highest BCUT2D eigenvalue weighted by atomic mass is 35.5. The summed E-state index contributed by atoms with van der Waals surface area (Å²) in [5.74, 6) is -1.92. The van der Waals surface area contributed by atoms with Gasteiger partial charge in [0.05, 0.1) is 22.7 Å². The van der Waals surface area contributed by atoms with Crippen LogP contribution in [0.3, 0.4) is 0 Å². The first-order valence-corrected chi connectivity index (χ1v) is 7.23. The minimum Gasteiger partial charge on any atom is -0.419 e. The number of halogens is 3. The first-order chi connectivity index (χ1) is 11.6. The summed E-state index contributed by atoms with van der Waals surface area (Å²) in [6, 6.07) is 9.85. The highest BCUT2D eigenvalue weighted by Crippen LogP contribution is 2.21. The predicted molar refractivity (Wildman–Crippen MR) is 82.3 cm³/mol. The smallest absolute Gasteiger partial charge is 0.256 e. The molecule has 0 aliphatic carbocycles. The first-order valence-electron chi connectivity index (χ1n) is 6.86. The number of amides is 1. The van der Waals surface area contributed by atoms with E-state index in [1.807, 2.05) is 0 Å². The molecule has 0 bridgehead atoms. The van der Waals surface area contributed by atoms with Gasteiger partial charge < -0.3 is 9.73 Å². The standard InChI is InChI=1S/C16H10ClF2N3O2/c17-10-5-3-7-12(19)14(10)15(23)20-8-13-21-22-16(24-13)9-4-1-2-6-11(9)18/h1-7H,8H2,(H,20,23). The van der Waals surface area contributed by atoms with E-state index in [1.54, 1.807) is 6.07 Å². The molecule has 1 N–H and O–H groups in total. The zero-order valence-electron chi connectivity index (χ0n) is 12.1. The topological polar surface area (TPSA) is 68.0 Å². The molecule has 0 unspecified atom stereocenters. The number of nitrogens with one attached hydrogen (secondary N) is 1. The monoisotopic (exact) mass is 349 g/mol.